The first-order valence-electron chi connectivity index (χ1n) is 3.20. The van der Waals surface area contributed by atoms with Gasteiger partial charge in [-0.1, -0.05) is 13.0 Å². The number of nitrogens with two attached hydrogens (primary N) is 1. The lowest BCUT2D eigenvalue weighted by Gasteiger charge is -2.20. The molecular weight excluding hydrogens is 166 g/mol. The Hall–Kier alpha value is -0.540. The Morgan fingerprint density at radius 3 is 2.36 bits per heavy atom. The van der Waals surface area contributed by atoms with Crippen molar-refractivity contribution in [3.8, 4) is 0 Å². The standard InChI is InChI=1S/C7H13NO2.ClH/c1-3-5-7(8,4-2)6(9)10;/h3H,1,4-5,8H2,2H3,(H,9,10);1H. The monoisotopic (exact) mass is 179 g/mol. The van der Waals surface area contributed by atoms with E-state index in [4.69, 9.17) is 10.8 Å². The number of rotatable bonds is 4. The number of halogens is 1. The molecule has 0 amide bonds. The molecule has 0 saturated carbocycles. The van der Waals surface area contributed by atoms with Gasteiger partial charge in [-0.15, -0.1) is 19.0 Å². The Morgan fingerprint density at radius 1 is 1.82 bits per heavy atom. The molecule has 1 atom stereocenters. The number of hydrogen-bond donors (Lipinski definition) is 2. The van der Waals surface area contributed by atoms with Gasteiger partial charge in [0, 0.05) is 0 Å². The molecule has 0 saturated heterocycles. The fourth-order valence-corrected chi connectivity index (χ4v) is 0.640. The molecule has 0 radical (unpaired) electrons. The molecule has 0 aliphatic heterocycles. The topological polar surface area (TPSA) is 63.3 Å². The maximum atomic E-state index is 10.5. The SMILES string of the molecule is C=CCC(N)(CC)C(=O)O.Cl. The van der Waals surface area contributed by atoms with E-state index in [1.165, 1.54) is 6.08 Å². The van der Waals surface area contributed by atoms with Crippen molar-refractivity contribution in [2.75, 3.05) is 0 Å². The van der Waals surface area contributed by atoms with Crippen molar-refractivity contribution < 1.29 is 9.90 Å². The van der Waals surface area contributed by atoms with Gasteiger partial charge in [0.05, 0.1) is 0 Å². The van der Waals surface area contributed by atoms with Crippen LogP contribution in [0.2, 0.25) is 0 Å². The second-order valence-electron chi connectivity index (χ2n) is 2.31. The third kappa shape index (κ3) is 3.39. The summed E-state index contributed by atoms with van der Waals surface area (Å²) in [5, 5.41) is 8.59. The molecule has 0 aromatic rings. The summed E-state index contributed by atoms with van der Waals surface area (Å²) in [6.07, 6.45) is 2.27. The van der Waals surface area contributed by atoms with E-state index >= 15 is 0 Å². The predicted octanol–water partition coefficient (Wildman–Crippen LogP) is 1.18. The second-order valence-corrected chi connectivity index (χ2v) is 2.31. The van der Waals surface area contributed by atoms with Gasteiger partial charge >= 0.3 is 5.97 Å². The Kier molecular flexibility index (Phi) is 6.13. The van der Waals surface area contributed by atoms with Gasteiger partial charge in [-0.25, -0.2) is 0 Å². The number of aliphatic carboxylic acids is 1. The minimum absolute atomic E-state index is 0. The average Bonchev–Trinajstić information content (AvgIpc) is 1.88. The molecule has 0 fully saturated rings. The maximum Gasteiger partial charge on any atom is 0.323 e. The van der Waals surface area contributed by atoms with Crippen LogP contribution in [0.25, 0.3) is 0 Å². The zero-order valence-electron chi connectivity index (χ0n) is 6.54. The Morgan fingerprint density at radius 2 is 2.27 bits per heavy atom. The van der Waals surface area contributed by atoms with Crippen LogP contribution in [0.15, 0.2) is 12.7 Å². The average molecular weight is 180 g/mol. The lowest BCUT2D eigenvalue weighted by atomic mass is 9.94. The van der Waals surface area contributed by atoms with E-state index in [1.54, 1.807) is 6.92 Å². The molecule has 0 spiro atoms. The van der Waals surface area contributed by atoms with Crippen LogP contribution in [0.1, 0.15) is 19.8 Å². The van der Waals surface area contributed by atoms with Crippen molar-refractivity contribution in [2.45, 2.75) is 25.3 Å². The molecule has 3 N–H and O–H groups in total. The van der Waals surface area contributed by atoms with Crippen molar-refractivity contribution in [2.24, 2.45) is 5.73 Å². The second kappa shape index (κ2) is 5.16. The first-order valence-corrected chi connectivity index (χ1v) is 3.20. The van der Waals surface area contributed by atoms with Crippen molar-refractivity contribution in [3.05, 3.63) is 12.7 Å². The van der Waals surface area contributed by atoms with E-state index < -0.39 is 11.5 Å². The van der Waals surface area contributed by atoms with E-state index in [0.717, 1.165) is 0 Å². The summed E-state index contributed by atoms with van der Waals surface area (Å²) in [5.74, 6) is -0.963. The van der Waals surface area contributed by atoms with Crippen LogP contribution < -0.4 is 5.73 Å². The fraction of sp³-hybridized carbons (Fsp3) is 0.571. The minimum atomic E-state index is -1.11. The molecule has 3 nitrogen and oxygen atoms in total. The Balaban J connectivity index is 0. The summed E-state index contributed by atoms with van der Waals surface area (Å²) in [7, 11) is 0. The van der Waals surface area contributed by atoms with Gasteiger partial charge in [-0.3, -0.25) is 4.79 Å². The quantitative estimate of drug-likeness (QED) is 0.637. The molecule has 0 bridgehead atoms. The van der Waals surface area contributed by atoms with Gasteiger partial charge in [-0.2, -0.15) is 0 Å². The molecule has 11 heavy (non-hydrogen) atoms. The molecule has 0 aromatic carbocycles. The molecular formula is C7H14ClNO2. The zero-order valence-corrected chi connectivity index (χ0v) is 7.36. The maximum absolute atomic E-state index is 10.5. The van der Waals surface area contributed by atoms with Gasteiger partial charge in [-0.05, 0) is 12.8 Å². The summed E-state index contributed by atoms with van der Waals surface area (Å²) >= 11 is 0. The molecule has 0 rings (SSSR count). The predicted molar refractivity (Wildman–Crippen MR) is 46.9 cm³/mol. The molecule has 0 aromatic heterocycles. The number of carbonyl (C=O) groups is 1. The van der Waals surface area contributed by atoms with Crippen LogP contribution in [-0.2, 0) is 4.79 Å². The lowest BCUT2D eigenvalue weighted by molar-refractivity contribution is -0.143. The summed E-state index contributed by atoms with van der Waals surface area (Å²) < 4.78 is 0. The van der Waals surface area contributed by atoms with Crippen LogP contribution >= 0.6 is 12.4 Å². The third-order valence-corrected chi connectivity index (χ3v) is 1.57. The van der Waals surface area contributed by atoms with Crippen LogP contribution in [0, 0.1) is 0 Å². The van der Waals surface area contributed by atoms with Crippen molar-refractivity contribution in [1.82, 2.24) is 0 Å². The van der Waals surface area contributed by atoms with Crippen LogP contribution in [0.5, 0.6) is 0 Å². The van der Waals surface area contributed by atoms with E-state index in [1.807, 2.05) is 0 Å². The molecule has 0 heterocycles. The summed E-state index contributed by atoms with van der Waals surface area (Å²) in [4.78, 5) is 10.5. The van der Waals surface area contributed by atoms with E-state index in [-0.39, 0.29) is 12.4 Å². The first kappa shape index (κ1) is 13.1. The highest BCUT2D eigenvalue weighted by molar-refractivity contribution is 5.85. The summed E-state index contributed by atoms with van der Waals surface area (Å²) in [5.41, 5.74) is 4.37. The van der Waals surface area contributed by atoms with Crippen LogP contribution in [0.3, 0.4) is 0 Å². The molecule has 66 valence electrons. The molecule has 4 heteroatoms. The van der Waals surface area contributed by atoms with Gasteiger partial charge < -0.3 is 10.8 Å². The van der Waals surface area contributed by atoms with Gasteiger partial charge in [0.2, 0.25) is 0 Å². The zero-order chi connectivity index (χ0) is 8.20. The molecule has 0 aliphatic rings. The lowest BCUT2D eigenvalue weighted by Crippen LogP contribution is -2.46. The highest BCUT2D eigenvalue weighted by Crippen LogP contribution is 2.11. The number of carboxylic acid groups (broad SMARTS) is 1. The van der Waals surface area contributed by atoms with E-state index in [2.05, 4.69) is 6.58 Å². The molecule has 0 aliphatic carbocycles. The van der Waals surface area contributed by atoms with Crippen LogP contribution in [0.4, 0.5) is 0 Å². The first-order chi connectivity index (χ1) is 4.56. The normalized spacial score (nSPS) is 14.4. The summed E-state index contributed by atoms with van der Waals surface area (Å²) in [6.45, 7) is 5.18. The minimum Gasteiger partial charge on any atom is -0.480 e. The van der Waals surface area contributed by atoms with Gasteiger partial charge in [0.1, 0.15) is 5.54 Å². The third-order valence-electron chi connectivity index (χ3n) is 1.57. The van der Waals surface area contributed by atoms with E-state index in [0.29, 0.717) is 12.8 Å². The fourth-order valence-electron chi connectivity index (χ4n) is 0.640. The highest BCUT2D eigenvalue weighted by Gasteiger charge is 2.29. The van der Waals surface area contributed by atoms with Gasteiger partial charge in [0.15, 0.2) is 0 Å². The smallest absolute Gasteiger partial charge is 0.323 e. The van der Waals surface area contributed by atoms with Crippen LogP contribution in [-0.4, -0.2) is 16.6 Å². The molecule has 1 unspecified atom stereocenters. The highest BCUT2D eigenvalue weighted by atomic mass is 35.5. The van der Waals surface area contributed by atoms with Crippen molar-refractivity contribution in [1.29, 1.82) is 0 Å². The largest absolute Gasteiger partial charge is 0.480 e. The van der Waals surface area contributed by atoms with Gasteiger partial charge in [0.25, 0.3) is 0 Å². The van der Waals surface area contributed by atoms with E-state index in [9.17, 15) is 4.79 Å². The van der Waals surface area contributed by atoms with Crippen molar-refractivity contribution >= 4 is 18.4 Å². The Labute approximate surface area is 72.7 Å². The summed E-state index contributed by atoms with van der Waals surface area (Å²) in [6, 6.07) is 0. The Bertz CT molecular complexity index is 149. The van der Waals surface area contributed by atoms with Crippen molar-refractivity contribution in [3.63, 3.8) is 0 Å². The number of hydrogen-bond acceptors (Lipinski definition) is 2. The number of carboxylic acids is 1.